The van der Waals surface area contributed by atoms with Gasteiger partial charge >= 0.3 is 0 Å². The van der Waals surface area contributed by atoms with Gasteiger partial charge in [-0.1, -0.05) is 25.1 Å². The summed E-state index contributed by atoms with van der Waals surface area (Å²) in [5.41, 5.74) is 3.74. The van der Waals surface area contributed by atoms with E-state index in [1.54, 1.807) is 12.3 Å². The monoisotopic (exact) mass is 457 g/mol. The molecule has 1 fully saturated rings. The van der Waals surface area contributed by atoms with Gasteiger partial charge in [-0.05, 0) is 49.6 Å². The Labute approximate surface area is 197 Å². The number of anilines is 2. The fourth-order valence-corrected chi connectivity index (χ4v) is 4.33. The summed E-state index contributed by atoms with van der Waals surface area (Å²) in [6, 6.07) is 16.9. The summed E-state index contributed by atoms with van der Waals surface area (Å²) in [6.45, 7) is 4.05. The number of carbonyl (C=O) groups excluding carboxylic acids is 1. The third-order valence-corrected chi connectivity index (χ3v) is 6.20. The van der Waals surface area contributed by atoms with Gasteiger partial charge in [0.1, 0.15) is 5.52 Å². The first-order valence-electron chi connectivity index (χ1n) is 11.7. The molecule has 0 radical (unpaired) electrons. The van der Waals surface area contributed by atoms with Gasteiger partial charge in [-0.2, -0.15) is 5.10 Å². The molecule has 0 bridgehead atoms. The summed E-state index contributed by atoms with van der Waals surface area (Å²) < 4.78 is 7.34. The van der Waals surface area contributed by atoms with Gasteiger partial charge in [0, 0.05) is 42.9 Å². The number of carbonyl (C=O) groups is 1. The Bertz CT molecular complexity index is 1350. The summed E-state index contributed by atoms with van der Waals surface area (Å²) in [4.78, 5) is 31.8. The van der Waals surface area contributed by atoms with E-state index in [2.05, 4.69) is 20.3 Å². The number of rotatable bonds is 6. The highest BCUT2D eigenvalue weighted by Crippen LogP contribution is 2.27. The Kier molecular flexibility index (Phi) is 6.12. The van der Waals surface area contributed by atoms with Crippen molar-refractivity contribution >= 4 is 28.4 Å². The van der Waals surface area contributed by atoms with Gasteiger partial charge in [-0.15, -0.1) is 0 Å². The van der Waals surface area contributed by atoms with E-state index in [1.165, 1.54) is 4.68 Å². The Morgan fingerprint density at radius 3 is 2.65 bits per heavy atom. The van der Waals surface area contributed by atoms with E-state index in [1.807, 2.05) is 55.5 Å². The topological polar surface area (TPSA) is 93.3 Å². The summed E-state index contributed by atoms with van der Waals surface area (Å²) in [7, 11) is 0. The molecule has 8 heteroatoms. The Morgan fingerprint density at radius 2 is 1.91 bits per heavy atom. The second-order valence-electron chi connectivity index (χ2n) is 8.59. The number of amides is 1. The molecule has 4 aromatic rings. The first kappa shape index (κ1) is 21.9. The largest absolute Gasteiger partial charge is 0.436 e. The predicted molar refractivity (Wildman–Crippen MR) is 132 cm³/mol. The summed E-state index contributed by atoms with van der Waals surface area (Å²) >= 11 is 0. The van der Waals surface area contributed by atoms with Gasteiger partial charge in [0.25, 0.3) is 5.56 Å². The SMILES string of the molecule is CCCn1ncc(N2CCC(C(=O)Nc3ccc4oc(-c5ccccc5)nc4c3)CC2)cc1=O. The number of oxazole rings is 1. The molecule has 5 rings (SSSR count). The minimum absolute atomic E-state index is 0.00210. The second kappa shape index (κ2) is 9.51. The zero-order chi connectivity index (χ0) is 23.5. The Hall–Kier alpha value is -3.94. The van der Waals surface area contributed by atoms with Crippen LogP contribution in [-0.4, -0.2) is 33.8 Å². The number of aryl methyl sites for hydroxylation is 1. The van der Waals surface area contributed by atoms with E-state index in [0.29, 0.717) is 55.2 Å². The third-order valence-electron chi connectivity index (χ3n) is 6.20. The van der Waals surface area contributed by atoms with Gasteiger partial charge in [0.2, 0.25) is 11.8 Å². The molecule has 1 amide bonds. The molecule has 1 aliphatic heterocycles. The molecule has 0 atom stereocenters. The molecule has 0 aliphatic carbocycles. The highest BCUT2D eigenvalue weighted by Gasteiger charge is 2.26. The highest BCUT2D eigenvalue weighted by molar-refractivity contribution is 5.94. The molecule has 1 N–H and O–H groups in total. The van der Waals surface area contributed by atoms with Crippen molar-refractivity contribution in [3.05, 3.63) is 71.1 Å². The number of nitrogens with one attached hydrogen (secondary N) is 1. The molecule has 0 unspecified atom stereocenters. The first-order valence-corrected chi connectivity index (χ1v) is 11.7. The van der Waals surface area contributed by atoms with Crippen LogP contribution in [0.3, 0.4) is 0 Å². The van der Waals surface area contributed by atoms with Crippen molar-refractivity contribution in [3.63, 3.8) is 0 Å². The molecule has 8 nitrogen and oxygen atoms in total. The van der Waals surface area contributed by atoms with Gasteiger partial charge in [-0.3, -0.25) is 9.59 Å². The molecule has 2 aromatic heterocycles. The van der Waals surface area contributed by atoms with Crippen LogP contribution in [0.5, 0.6) is 0 Å². The molecule has 3 heterocycles. The fourth-order valence-electron chi connectivity index (χ4n) is 4.33. The van der Waals surface area contributed by atoms with Crippen molar-refractivity contribution in [1.82, 2.24) is 14.8 Å². The smallest absolute Gasteiger partial charge is 0.268 e. The highest BCUT2D eigenvalue weighted by atomic mass is 16.3. The maximum atomic E-state index is 12.9. The average molecular weight is 458 g/mol. The fraction of sp³-hybridized carbons (Fsp3) is 0.308. The van der Waals surface area contributed by atoms with Crippen LogP contribution in [0.15, 0.2) is 70.0 Å². The summed E-state index contributed by atoms with van der Waals surface area (Å²) in [6.07, 6.45) is 4.04. The van der Waals surface area contributed by atoms with E-state index in [-0.39, 0.29) is 17.4 Å². The number of aromatic nitrogens is 3. The molecule has 0 saturated carbocycles. The number of hydrogen-bond acceptors (Lipinski definition) is 6. The van der Waals surface area contributed by atoms with Crippen molar-refractivity contribution < 1.29 is 9.21 Å². The molecule has 2 aromatic carbocycles. The maximum absolute atomic E-state index is 12.9. The van der Waals surface area contributed by atoms with E-state index in [4.69, 9.17) is 4.42 Å². The van der Waals surface area contributed by atoms with Crippen LogP contribution < -0.4 is 15.8 Å². The van der Waals surface area contributed by atoms with Crippen LogP contribution in [0.2, 0.25) is 0 Å². The lowest BCUT2D eigenvalue weighted by Gasteiger charge is -2.32. The number of nitrogens with zero attached hydrogens (tertiary/aromatic N) is 4. The van der Waals surface area contributed by atoms with Gasteiger partial charge in [-0.25, -0.2) is 9.67 Å². The number of piperidine rings is 1. The molecule has 1 saturated heterocycles. The summed E-state index contributed by atoms with van der Waals surface area (Å²) in [5.74, 6) is 0.475. The van der Waals surface area contributed by atoms with Crippen molar-refractivity contribution in [2.24, 2.45) is 5.92 Å². The van der Waals surface area contributed by atoms with Crippen molar-refractivity contribution in [1.29, 1.82) is 0 Å². The minimum atomic E-state index is -0.0856. The van der Waals surface area contributed by atoms with Gasteiger partial charge < -0.3 is 14.6 Å². The first-order chi connectivity index (χ1) is 16.6. The lowest BCUT2D eigenvalue weighted by molar-refractivity contribution is -0.120. The number of fused-ring (bicyclic) bond motifs is 1. The maximum Gasteiger partial charge on any atom is 0.268 e. The minimum Gasteiger partial charge on any atom is -0.436 e. The zero-order valence-electron chi connectivity index (χ0n) is 19.1. The average Bonchev–Trinajstić information content (AvgIpc) is 3.29. The van der Waals surface area contributed by atoms with Gasteiger partial charge in [0.05, 0.1) is 11.9 Å². The normalized spacial score (nSPS) is 14.4. The molecule has 34 heavy (non-hydrogen) atoms. The van der Waals surface area contributed by atoms with Crippen LogP contribution >= 0.6 is 0 Å². The predicted octanol–water partition coefficient (Wildman–Crippen LogP) is 4.32. The number of hydrogen-bond donors (Lipinski definition) is 1. The molecular formula is C26H27N5O3. The lowest BCUT2D eigenvalue weighted by Crippen LogP contribution is -2.39. The van der Waals surface area contributed by atoms with E-state index >= 15 is 0 Å². The van der Waals surface area contributed by atoms with Crippen molar-refractivity contribution in [3.8, 4) is 11.5 Å². The quantitative estimate of drug-likeness (QED) is 0.464. The zero-order valence-corrected chi connectivity index (χ0v) is 19.1. The van der Waals surface area contributed by atoms with E-state index in [9.17, 15) is 9.59 Å². The van der Waals surface area contributed by atoms with E-state index < -0.39 is 0 Å². The van der Waals surface area contributed by atoms with Crippen molar-refractivity contribution in [2.45, 2.75) is 32.7 Å². The Morgan fingerprint density at radius 1 is 1.12 bits per heavy atom. The molecule has 1 aliphatic rings. The Balaban J connectivity index is 1.21. The number of benzene rings is 2. The van der Waals surface area contributed by atoms with Crippen LogP contribution in [0.1, 0.15) is 26.2 Å². The molecule has 0 spiro atoms. The summed E-state index contributed by atoms with van der Waals surface area (Å²) in [5, 5.41) is 7.30. The third kappa shape index (κ3) is 4.57. The van der Waals surface area contributed by atoms with Crippen LogP contribution in [0.25, 0.3) is 22.6 Å². The van der Waals surface area contributed by atoms with Crippen LogP contribution in [-0.2, 0) is 11.3 Å². The lowest BCUT2D eigenvalue weighted by atomic mass is 9.95. The molecular weight excluding hydrogens is 430 g/mol. The van der Waals surface area contributed by atoms with Crippen LogP contribution in [0.4, 0.5) is 11.4 Å². The second-order valence-corrected chi connectivity index (χ2v) is 8.59. The van der Waals surface area contributed by atoms with Gasteiger partial charge in [0.15, 0.2) is 5.58 Å². The van der Waals surface area contributed by atoms with E-state index in [0.717, 1.165) is 17.7 Å². The standard InChI is InChI=1S/C26H27N5O3/c1-2-12-31-24(32)16-21(17-27-31)30-13-10-18(11-14-30)25(33)28-20-8-9-23-22(15-20)29-26(34-23)19-6-4-3-5-7-19/h3-9,15-18H,2,10-14H2,1H3,(H,28,33). The van der Waals surface area contributed by atoms with Crippen LogP contribution in [0, 0.1) is 5.92 Å². The molecule has 174 valence electrons. The van der Waals surface area contributed by atoms with Crippen molar-refractivity contribution in [2.75, 3.05) is 23.3 Å².